The Bertz CT molecular complexity index is 562. The van der Waals surface area contributed by atoms with Crippen molar-refractivity contribution in [2.24, 2.45) is 10.4 Å². The van der Waals surface area contributed by atoms with Gasteiger partial charge in [-0.1, -0.05) is 26.8 Å². The lowest BCUT2D eigenvalue weighted by Gasteiger charge is -2.30. The fraction of sp³-hybridized carbons (Fsp3) is 0.611. The van der Waals surface area contributed by atoms with Gasteiger partial charge in [0.05, 0.1) is 19.3 Å². The van der Waals surface area contributed by atoms with Gasteiger partial charge in [0.25, 0.3) is 0 Å². The molecule has 0 spiro atoms. The number of methoxy groups -OCH3 is 2. The van der Waals surface area contributed by atoms with Crippen LogP contribution < -0.4 is 15.4 Å². The summed E-state index contributed by atoms with van der Waals surface area (Å²) in [5.41, 5.74) is 0.834. The molecule has 0 aliphatic rings. The van der Waals surface area contributed by atoms with Crippen molar-refractivity contribution in [3.8, 4) is 5.75 Å². The Balaban J connectivity index is 0.00000576. The molecule has 0 bridgehead atoms. The number of halogens is 2. The van der Waals surface area contributed by atoms with Gasteiger partial charge in [-0.2, -0.15) is 0 Å². The second-order valence-electron chi connectivity index (χ2n) is 6.80. The van der Waals surface area contributed by atoms with Crippen LogP contribution in [0.1, 0.15) is 39.3 Å². The van der Waals surface area contributed by atoms with Crippen LogP contribution in [-0.4, -0.2) is 39.9 Å². The molecule has 0 aliphatic heterocycles. The molecule has 1 rings (SSSR count). The third-order valence-electron chi connectivity index (χ3n) is 3.96. The van der Waals surface area contributed by atoms with Gasteiger partial charge in [-0.25, -0.2) is 4.39 Å². The summed E-state index contributed by atoms with van der Waals surface area (Å²) in [7, 11) is 4.86. The van der Waals surface area contributed by atoms with Gasteiger partial charge in [0.2, 0.25) is 0 Å². The van der Waals surface area contributed by atoms with Gasteiger partial charge < -0.3 is 20.1 Å². The summed E-state index contributed by atoms with van der Waals surface area (Å²) in [5.74, 6) is 0.505. The first-order valence-corrected chi connectivity index (χ1v) is 8.06. The Morgan fingerprint density at radius 3 is 2.36 bits per heavy atom. The molecule has 1 aromatic rings. The molecule has 0 heterocycles. The van der Waals surface area contributed by atoms with E-state index in [1.807, 2.05) is 13.0 Å². The molecule has 0 fully saturated rings. The zero-order chi connectivity index (χ0) is 18.3. The van der Waals surface area contributed by atoms with E-state index in [1.54, 1.807) is 20.2 Å². The van der Waals surface area contributed by atoms with E-state index in [0.29, 0.717) is 12.5 Å². The van der Waals surface area contributed by atoms with E-state index in [2.05, 4.69) is 36.4 Å². The van der Waals surface area contributed by atoms with Gasteiger partial charge in [-0.15, -0.1) is 24.0 Å². The molecule has 0 radical (unpaired) electrons. The predicted molar refractivity (Wildman–Crippen MR) is 112 cm³/mol. The predicted octanol–water partition coefficient (Wildman–Crippen LogP) is 3.74. The maximum atomic E-state index is 13.8. The Morgan fingerprint density at radius 2 is 1.92 bits per heavy atom. The first-order valence-electron chi connectivity index (χ1n) is 8.06. The summed E-state index contributed by atoms with van der Waals surface area (Å²) in [6, 6.07) is 4.82. The van der Waals surface area contributed by atoms with Crippen molar-refractivity contribution in [3.05, 3.63) is 29.6 Å². The minimum Gasteiger partial charge on any atom is -0.494 e. The van der Waals surface area contributed by atoms with Crippen LogP contribution >= 0.6 is 24.0 Å². The maximum Gasteiger partial charge on any atom is 0.191 e. The van der Waals surface area contributed by atoms with Crippen LogP contribution in [0.5, 0.6) is 5.75 Å². The van der Waals surface area contributed by atoms with Crippen LogP contribution in [0.3, 0.4) is 0 Å². The molecule has 144 valence electrons. The molecule has 2 unspecified atom stereocenters. The Labute approximate surface area is 167 Å². The maximum absolute atomic E-state index is 13.8. The highest BCUT2D eigenvalue weighted by atomic mass is 127. The lowest BCUT2D eigenvalue weighted by atomic mass is 9.89. The van der Waals surface area contributed by atoms with E-state index < -0.39 is 0 Å². The van der Waals surface area contributed by atoms with Crippen LogP contribution in [0, 0.1) is 11.2 Å². The van der Waals surface area contributed by atoms with Crippen LogP contribution in [0.15, 0.2) is 23.2 Å². The van der Waals surface area contributed by atoms with E-state index in [4.69, 9.17) is 9.47 Å². The van der Waals surface area contributed by atoms with E-state index >= 15 is 0 Å². The molecule has 0 amide bonds. The SMILES string of the molecule is CN=C(NCC(OC)C(C)(C)C)NC(C)c1ccc(OC)c(F)c1.I. The third kappa shape index (κ3) is 7.35. The number of ether oxygens (including phenoxy) is 2. The summed E-state index contributed by atoms with van der Waals surface area (Å²) in [6.45, 7) is 8.96. The number of aliphatic imine (C=N–C) groups is 1. The molecule has 5 nitrogen and oxygen atoms in total. The molecular weight excluding hydrogens is 436 g/mol. The molecule has 0 aliphatic carbocycles. The average molecular weight is 467 g/mol. The number of rotatable bonds is 6. The molecule has 7 heteroatoms. The third-order valence-corrected chi connectivity index (χ3v) is 3.96. The number of hydrogen-bond acceptors (Lipinski definition) is 3. The highest BCUT2D eigenvalue weighted by molar-refractivity contribution is 14.0. The lowest BCUT2D eigenvalue weighted by molar-refractivity contribution is 0.0205. The van der Waals surface area contributed by atoms with Crippen LogP contribution in [0.4, 0.5) is 4.39 Å². The number of nitrogens with one attached hydrogen (secondary N) is 2. The van der Waals surface area contributed by atoms with Gasteiger partial charge in [0.1, 0.15) is 0 Å². The Kier molecular flexibility index (Phi) is 10.3. The second kappa shape index (κ2) is 10.8. The summed E-state index contributed by atoms with van der Waals surface area (Å²) < 4.78 is 24.3. The molecule has 2 N–H and O–H groups in total. The highest BCUT2D eigenvalue weighted by Crippen LogP contribution is 2.22. The van der Waals surface area contributed by atoms with Crippen LogP contribution in [-0.2, 0) is 4.74 Å². The minimum absolute atomic E-state index is 0. The van der Waals surface area contributed by atoms with Crippen LogP contribution in [0.2, 0.25) is 0 Å². The average Bonchev–Trinajstić information content (AvgIpc) is 2.52. The van der Waals surface area contributed by atoms with Crippen molar-refractivity contribution < 1.29 is 13.9 Å². The van der Waals surface area contributed by atoms with Gasteiger partial charge in [0.15, 0.2) is 17.5 Å². The topological polar surface area (TPSA) is 54.9 Å². The first kappa shape index (κ1) is 23.9. The zero-order valence-electron chi connectivity index (χ0n) is 16.1. The minimum atomic E-state index is -0.376. The largest absolute Gasteiger partial charge is 0.494 e. The molecular formula is C18H31FIN3O2. The lowest BCUT2D eigenvalue weighted by Crippen LogP contribution is -2.45. The quantitative estimate of drug-likeness (QED) is 0.380. The van der Waals surface area contributed by atoms with Crippen molar-refractivity contribution >= 4 is 29.9 Å². The monoisotopic (exact) mass is 467 g/mol. The molecule has 1 aromatic carbocycles. The van der Waals surface area contributed by atoms with E-state index in [0.717, 1.165) is 5.56 Å². The van der Waals surface area contributed by atoms with Crippen molar-refractivity contribution in [1.29, 1.82) is 0 Å². The van der Waals surface area contributed by atoms with Gasteiger partial charge in [0, 0.05) is 20.7 Å². The number of hydrogen-bond donors (Lipinski definition) is 2. The standard InChI is InChI=1S/C18H30FN3O2.HI/c1-12(13-8-9-15(23-6)14(19)10-13)22-17(20-5)21-11-16(24-7)18(2,3)4;/h8-10,12,16H,11H2,1-7H3,(H2,20,21,22);1H. The molecule has 0 saturated heterocycles. The van der Waals surface area contributed by atoms with Crippen molar-refractivity contribution in [3.63, 3.8) is 0 Å². The first-order chi connectivity index (χ1) is 11.2. The van der Waals surface area contributed by atoms with Crippen molar-refractivity contribution in [2.75, 3.05) is 27.8 Å². The van der Waals surface area contributed by atoms with Crippen LogP contribution in [0.25, 0.3) is 0 Å². The second-order valence-corrected chi connectivity index (χ2v) is 6.80. The molecule has 0 saturated carbocycles. The van der Waals surface area contributed by atoms with Gasteiger partial charge in [-0.05, 0) is 30.0 Å². The smallest absolute Gasteiger partial charge is 0.191 e. The van der Waals surface area contributed by atoms with Crippen molar-refractivity contribution in [2.45, 2.75) is 39.8 Å². The number of nitrogens with zero attached hydrogens (tertiary/aromatic N) is 1. The summed E-state index contributed by atoms with van der Waals surface area (Å²) in [6.07, 6.45) is 0.0461. The normalized spacial score (nSPS) is 14.3. The molecule has 0 aromatic heterocycles. The Hall–Kier alpha value is -1.09. The van der Waals surface area contributed by atoms with Gasteiger partial charge >= 0.3 is 0 Å². The van der Waals surface area contributed by atoms with Gasteiger partial charge in [-0.3, -0.25) is 4.99 Å². The summed E-state index contributed by atoms with van der Waals surface area (Å²) in [4.78, 5) is 4.22. The highest BCUT2D eigenvalue weighted by Gasteiger charge is 2.24. The Morgan fingerprint density at radius 1 is 1.28 bits per heavy atom. The van der Waals surface area contributed by atoms with E-state index in [-0.39, 0.29) is 53.1 Å². The number of guanidine groups is 1. The van der Waals surface area contributed by atoms with E-state index in [1.165, 1.54) is 13.2 Å². The summed E-state index contributed by atoms with van der Waals surface area (Å²) >= 11 is 0. The van der Waals surface area contributed by atoms with Crippen molar-refractivity contribution in [1.82, 2.24) is 10.6 Å². The molecule has 2 atom stereocenters. The fourth-order valence-electron chi connectivity index (χ4n) is 2.37. The zero-order valence-corrected chi connectivity index (χ0v) is 18.5. The fourth-order valence-corrected chi connectivity index (χ4v) is 2.37. The van der Waals surface area contributed by atoms with E-state index in [9.17, 15) is 4.39 Å². The number of benzene rings is 1. The molecule has 25 heavy (non-hydrogen) atoms. The summed E-state index contributed by atoms with van der Waals surface area (Å²) in [5, 5.41) is 6.51.